The van der Waals surface area contributed by atoms with Crippen LogP contribution in [0.15, 0.2) is 36.4 Å². The number of nitrogen functional groups attached to an aromatic ring is 1. The van der Waals surface area contributed by atoms with Gasteiger partial charge in [-0.25, -0.2) is 0 Å². The van der Waals surface area contributed by atoms with E-state index in [-0.39, 0.29) is 11.4 Å². The van der Waals surface area contributed by atoms with Crippen molar-refractivity contribution in [1.29, 1.82) is 0 Å². The lowest BCUT2D eigenvalue weighted by Gasteiger charge is -2.08. The third-order valence-electron chi connectivity index (χ3n) is 2.32. The van der Waals surface area contributed by atoms with Crippen LogP contribution in [0.2, 0.25) is 10.0 Å². The second kappa shape index (κ2) is 5.34. The van der Waals surface area contributed by atoms with Gasteiger partial charge in [-0.1, -0.05) is 23.2 Å². The molecule has 0 saturated heterocycles. The first-order valence-electron chi connectivity index (χ1n) is 5.14. The molecule has 98 valence electrons. The van der Waals surface area contributed by atoms with E-state index in [1.54, 1.807) is 12.1 Å². The average Bonchev–Trinajstić information content (AvgIpc) is 2.32. The van der Waals surface area contributed by atoms with Crippen LogP contribution in [-0.4, -0.2) is 4.92 Å². The molecule has 0 heterocycles. The second-order valence-corrected chi connectivity index (χ2v) is 4.50. The van der Waals surface area contributed by atoms with Gasteiger partial charge in [0.2, 0.25) is 0 Å². The number of anilines is 1. The number of nitrogens with two attached hydrogens (primary N) is 1. The molecule has 7 heteroatoms. The maximum absolute atomic E-state index is 10.6. The number of ether oxygens (including phenoxy) is 1. The Hall–Kier alpha value is -1.98. The molecule has 2 rings (SSSR count). The highest BCUT2D eigenvalue weighted by atomic mass is 35.5. The lowest BCUT2D eigenvalue weighted by atomic mass is 10.2. The SMILES string of the molecule is Nc1cc(Oc2ccc(Cl)cc2Cl)ccc1[N+](=O)[O-]. The maximum Gasteiger partial charge on any atom is 0.292 e. The Morgan fingerprint density at radius 3 is 2.47 bits per heavy atom. The van der Waals surface area contributed by atoms with Crippen molar-refractivity contribution in [3.63, 3.8) is 0 Å². The van der Waals surface area contributed by atoms with Crippen LogP contribution in [0.4, 0.5) is 11.4 Å². The summed E-state index contributed by atoms with van der Waals surface area (Å²) >= 11 is 11.7. The van der Waals surface area contributed by atoms with Gasteiger partial charge >= 0.3 is 0 Å². The normalized spacial score (nSPS) is 10.2. The van der Waals surface area contributed by atoms with E-state index >= 15 is 0 Å². The third-order valence-corrected chi connectivity index (χ3v) is 2.85. The van der Waals surface area contributed by atoms with Crippen molar-refractivity contribution in [3.05, 3.63) is 56.6 Å². The van der Waals surface area contributed by atoms with Gasteiger partial charge in [0.25, 0.3) is 5.69 Å². The summed E-state index contributed by atoms with van der Waals surface area (Å²) in [5.41, 5.74) is 5.41. The van der Waals surface area contributed by atoms with Crippen molar-refractivity contribution in [2.75, 3.05) is 5.73 Å². The number of nitro groups is 1. The minimum atomic E-state index is -0.561. The van der Waals surface area contributed by atoms with Gasteiger partial charge in [-0.2, -0.15) is 0 Å². The summed E-state index contributed by atoms with van der Waals surface area (Å²) in [6, 6.07) is 8.84. The van der Waals surface area contributed by atoms with E-state index in [1.807, 2.05) is 0 Å². The number of rotatable bonds is 3. The molecular weight excluding hydrogens is 291 g/mol. The van der Waals surface area contributed by atoms with Gasteiger partial charge in [0.05, 0.1) is 9.95 Å². The highest BCUT2D eigenvalue weighted by Gasteiger charge is 2.12. The number of nitrogens with zero attached hydrogens (tertiary/aromatic N) is 1. The van der Waals surface area contributed by atoms with Gasteiger partial charge in [-0.15, -0.1) is 0 Å². The summed E-state index contributed by atoms with van der Waals surface area (Å²) in [5.74, 6) is 0.742. The zero-order valence-corrected chi connectivity index (χ0v) is 11.0. The van der Waals surface area contributed by atoms with E-state index in [4.69, 9.17) is 33.7 Å². The largest absolute Gasteiger partial charge is 0.456 e. The van der Waals surface area contributed by atoms with Gasteiger partial charge < -0.3 is 10.5 Å². The fourth-order valence-electron chi connectivity index (χ4n) is 1.45. The molecule has 0 atom stereocenters. The molecule has 0 unspecified atom stereocenters. The van der Waals surface area contributed by atoms with Crippen LogP contribution in [0.5, 0.6) is 11.5 Å². The maximum atomic E-state index is 10.6. The van der Waals surface area contributed by atoms with Gasteiger partial charge in [-0.05, 0) is 24.3 Å². The number of hydrogen-bond donors (Lipinski definition) is 1. The minimum absolute atomic E-state index is 0.0209. The van der Waals surface area contributed by atoms with Crippen LogP contribution < -0.4 is 10.5 Å². The number of halogens is 2. The molecule has 0 aliphatic carbocycles. The Labute approximate surface area is 118 Å². The smallest absolute Gasteiger partial charge is 0.292 e. The summed E-state index contributed by atoms with van der Waals surface area (Å²) < 4.78 is 5.49. The van der Waals surface area contributed by atoms with Crippen molar-refractivity contribution in [2.24, 2.45) is 0 Å². The van der Waals surface area contributed by atoms with Crippen molar-refractivity contribution in [2.45, 2.75) is 0 Å². The molecule has 0 radical (unpaired) electrons. The lowest BCUT2D eigenvalue weighted by Crippen LogP contribution is -1.96. The average molecular weight is 299 g/mol. The zero-order valence-electron chi connectivity index (χ0n) is 9.47. The quantitative estimate of drug-likeness (QED) is 0.521. The van der Waals surface area contributed by atoms with E-state index in [0.29, 0.717) is 21.5 Å². The first-order chi connectivity index (χ1) is 8.97. The molecule has 0 aliphatic heterocycles. The summed E-state index contributed by atoms with van der Waals surface area (Å²) in [4.78, 5) is 10.1. The zero-order chi connectivity index (χ0) is 14.0. The van der Waals surface area contributed by atoms with Crippen LogP contribution >= 0.6 is 23.2 Å². The van der Waals surface area contributed by atoms with Gasteiger partial charge in [0.15, 0.2) is 0 Å². The van der Waals surface area contributed by atoms with Crippen LogP contribution in [-0.2, 0) is 0 Å². The summed E-state index contributed by atoms with van der Waals surface area (Å²) in [7, 11) is 0. The van der Waals surface area contributed by atoms with Crippen molar-refractivity contribution in [3.8, 4) is 11.5 Å². The molecule has 0 aliphatic rings. The van der Waals surface area contributed by atoms with E-state index in [9.17, 15) is 10.1 Å². The molecule has 0 spiro atoms. The van der Waals surface area contributed by atoms with Crippen LogP contribution in [0, 0.1) is 10.1 Å². The Balaban J connectivity index is 2.29. The van der Waals surface area contributed by atoms with E-state index in [2.05, 4.69) is 0 Å². The van der Waals surface area contributed by atoms with Gasteiger partial charge in [-0.3, -0.25) is 10.1 Å². The first kappa shape index (κ1) is 13.5. The fraction of sp³-hybridized carbons (Fsp3) is 0. The lowest BCUT2D eigenvalue weighted by molar-refractivity contribution is -0.383. The molecule has 2 aromatic carbocycles. The third kappa shape index (κ3) is 3.07. The van der Waals surface area contributed by atoms with Crippen molar-refractivity contribution < 1.29 is 9.66 Å². The fourth-order valence-corrected chi connectivity index (χ4v) is 1.89. The molecule has 0 fully saturated rings. The molecular formula is C12H8Cl2N2O3. The number of benzene rings is 2. The molecule has 2 N–H and O–H groups in total. The predicted octanol–water partition coefficient (Wildman–Crippen LogP) is 4.28. The van der Waals surface area contributed by atoms with Crippen molar-refractivity contribution in [1.82, 2.24) is 0 Å². The first-order valence-corrected chi connectivity index (χ1v) is 5.90. The van der Waals surface area contributed by atoms with E-state index in [1.165, 1.54) is 24.3 Å². The Kier molecular flexibility index (Phi) is 3.78. The summed E-state index contributed by atoms with van der Waals surface area (Å²) in [5, 5.41) is 11.5. The van der Waals surface area contributed by atoms with Gasteiger partial charge in [0, 0.05) is 17.2 Å². The van der Waals surface area contributed by atoms with Crippen molar-refractivity contribution >= 4 is 34.6 Å². The molecule has 0 aromatic heterocycles. The monoisotopic (exact) mass is 298 g/mol. The van der Waals surface area contributed by atoms with E-state index in [0.717, 1.165) is 0 Å². The van der Waals surface area contributed by atoms with Crippen LogP contribution in [0.1, 0.15) is 0 Å². The molecule has 0 bridgehead atoms. The summed E-state index contributed by atoms with van der Waals surface area (Å²) in [6.45, 7) is 0. The summed E-state index contributed by atoms with van der Waals surface area (Å²) in [6.07, 6.45) is 0. The second-order valence-electron chi connectivity index (χ2n) is 3.65. The Bertz CT molecular complexity index is 647. The predicted molar refractivity (Wildman–Crippen MR) is 74.0 cm³/mol. The number of nitro benzene ring substituents is 1. The minimum Gasteiger partial charge on any atom is -0.456 e. The standard InChI is InChI=1S/C12H8Cl2N2O3/c13-7-1-4-12(9(14)5-7)19-8-2-3-11(16(17)18)10(15)6-8/h1-6H,15H2. The molecule has 2 aromatic rings. The van der Waals surface area contributed by atoms with E-state index < -0.39 is 4.92 Å². The van der Waals surface area contributed by atoms with Crippen LogP contribution in [0.25, 0.3) is 0 Å². The molecule has 5 nitrogen and oxygen atoms in total. The van der Waals surface area contributed by atoms with Gasteiger partial charge in [0.1, 0.15) is 17.2 Å². The highest BCUT2D eigenvalue weighted by Crippen LogP contribution is 2.34. The number of hydrogen-bond acceptors (Lipinski definition) is 4. The Morgan fingerprint density at radius 1 is 1.16 bits per heavy atom. The Morgan fingerprint density at radius 2 is 1.89 bits per heavy atom. The molecule has 0 saturated carbocycles. The molecule has 0 amide bonds. The highest BCUT2D eigenvalue weighted by molar-refractivity contribution is 6.35. The topological polar surface area (TPSA) is 78.4 Å². The molecule has 19 heavy (non-hydrogen) atoms. The van der Waals surface area contributed by atoms with Crippen LogP contribution in [0.3, 0.4) is 0 Å².